The van der Waals surface area contributed by atoms with E-state index >= 15 is 0 Å². The van der Waals surface area contributed by atoms with Crippen molar-refractivity contribution >= 4 is 29.9 Å². The van der Waals surface area contributed by atoms with Crippen LogP contribution in [0.4, 0.5) is 0 Å². The Morgan fingerprint density at radius 2 is 2.05 bits per heavy atom. The van der Waals surface area contributed by atoms with E-state index in [1.54, 1.807) is 20.3 Å². The van der Waals surface area contributed by atoms with Crippen molar-refractivity contribution in [3.05, 3.63) is 36.4 Å². The standard InChI is InChI=1S/C16H25N3O2.HI/c1-5-10-18-16(17-6-2)19-11-9-13-12-14(20-3)7-8-15(13)21-4;/h5,7-8,12H,1,6,9-11H2,2-4H3,(H2,17,18,19);1H. The molecule has 0 atom stereocenters. The summed E-state index contributed by atoms with van der Waals surface area (Å²) >= 11 is 0. The maximum atomic E-state index is 5.37. The third-order valence-corrected chi connectivity index (χ3v) is 2.90. The highest BCUT2D eigenvalue weighted by Crippen LogP contribution is 2.24. The number of rotatable bonds is 8. The number of ether oxygens (including phenoxy) is 2. The van der Waals surface area contributed by atoms with Gasteiger partial charge in [-0.1, -0.05) is 6.08 Å². The van der Waals surface area contributed by atoms with Crippen molar-refractivity contribution < 1.29 is 9.47 Å². The molecule has 2 N–H and O–H groups in total. The Bertz CT molecular complexity index is 478. The average Bonchev–Trinajstić information content (AvgIpc) is 2.52. The first-order valence-electron chi connectivity index (χ1n) is 7.09. The van der Waals surface area contributed by atoms with Crippen LogP contribution in [-0.2, 0) is 6.42 Å². The molecule has 1 aromatic rings. The molecule has 0 radical (unpaired) electrons. The summed E-state index contributed by atoms with van der Waals surface area (Å²) in [5, 5.41) is 6.36. The number of guanidine groups is 1. The normalized spacial score (nSPS) is 10.4. The summed E-state index contributed by atoms with van der Waals surface area (Å²) in [5.41, 5.74) is 1.08. The zero-order valence-electron chi connectivity index (χ0n) is 13.5. The van der Waals surface area contributed by atoms with Gasteiger partial charge < -0.3 is 20.1 Å². The Morgan fingerprint density at radius 3 is 2.64 bits per heavy atom. The van der Waals surface area contributed by atoms with Crippen molar-refractivity contribution in [2.45, 2.75) is 13.3 Å². The van der Waals surface area contributed by atoms with Gasteiger partial charge in [0, 0.05) is 19.6 Å². The second-order valence-corrected chi connectivity index (χ2v) is 4.36. The Labute approximate surface area is 150 Å². The van der Waals surface area contributed by atoms with Crippen molar-refractivity contribution in [3.63, 3.8) is 0 Å². The molecule has 0 saturated heterocycles. The van der Waals surface area contributed by atoms with Gasteiger partial charge >= 0.3 is 0 Å². The van der Waals surface area contributed by atoms with Gasteiger partial charge in [0.15, 0.2) is 5.96 Å². The maximum absolute atomic E-state index is 5.37. The molecular weight excluding hydrogens is 393 g/mol. The Hall–Kier alpha value is -1.44. The first-order chi connectivity index (χ1) is 10.2. The van der Waals surface area contributed by atoms with E-state index in [4.69, 9.17) is 9.47 Å². The third kappa shape index (κ3) is 7.02. The number of benzene rings is 1. The van der Waals surface area contributed by atoms with E-state index in [2.05, 4.69) is 22.2 Å². The zero-order chi connectivity index (χ0) is 15.5. The minimum absolute atomic E-state index is 0. The van der Waals surface area contributed by atoms with Crippen molar-refractivity contribution in [2.75, 3.05) is 33.9 Å². The summed E-state index contributed by atoms with van der Waals surface area (Å²) in [7, 11) is 3.33. The topological polar surface area (TPSA) is 54.9 Å². The van der Waals surface area contributed by atoms with Gasteiger partial charge in [-0.2, -0.15) is 0 Å². The lowest BCUT2D eigenvalue weighted by Gasteiger charge is -2.11. The first kappa shape index (κ1) is 20.6. The van der Waals surface area contributed by atoms with Gasteiger partial charge in [0.05, 0.1) is 14.2 Å². The molecule has 0 aliphatic carbocycles. The van der Waals surface area contributed by atoms with Crippen molar-refractivity contribution in [2.24, 2.45) is 4.99 Å². The number of nitrogens with one attached hydrogen (secondary N) is 2. The lowest BCUT2D eigenvalue weighted by Crippen LogP contribution is -2.37. The van der Waals surface area contributed by atoms with Gasteiger partial charge in [0.1, 0.15) is 11.5 Å². The molecule has 0 bridgehead atoms. The van der Waals surface area contributed by atoms with Crippen LogP contribution in [0.25, 0.3) is 0 Å². The van der Waals surface area contributed by atoms with Crippen molar-refractivity contribution in [3.8, 4) is 11.5 Å². The highest BCUT2D eigenvalue weighted by Gasteiger charge is 2.05. The number of aliphatic imine (C=N–C) groups is 1. The van der Waals surface area contributed by atoms with E-state index in [0.717, 1.165) is 36.0 Å². The van der Waals surface area contributed by atoms with Crippen LogP contribution in [-0.4, -0.2) is 39.8 Å². The highest BCUT2D eigenvalue weighted by atomic mass is 127. The molecule has 0 saturated carbocycles. The average molecular weight is 419 g/mol. The van der Waals surface area contributed by atoms with Crippen LogP contribution >= 0.6 is 24.0 Å². The van der Waals surface area contributed by atoms with Crippen LogP contribution in [0.2, 0.25) is 0 Å². The molecule has 124 valence electrons. The van der Waals surface area contributed by atoms with E-state index in [9.17, 15) is 0 Å². The number of nitrogens with zero attached hydrogens (tertiary/aromatic N) is 1. The van der Waals surface area contributed by atoms with Gasteiger partial charge in [0.2, 0.25) is 0 Å². The lowest BCUT2D eigenvalue weighted by atomic mass is 10.1. The molecule has 0 aromatic heterocycles. The van der Waals surface area contributed by atoms with Crippen LogP contribution in [0.5, 0.6) is 11.5 Å². The quantitative estimate of drug-likeness (QED) is 0.295. The molecular formula is C16H26IN3O2. The number of methoxy groups -OCH3 is 2. The van der Waals surface area contributed by atoms with Gasteiger partial charge in [-0.15, -0.1) is 30.6 Å². The van der Waals surface area contributed by atoms with Crippen LogP contribution in [0.15, 0.2) is 35.8 Å². The monoisotopic (exact) mass is 419 g/mol. The van der Waals surface area contributed by atoms with Crippen molar-refractivity contribution in [1.29, 1.82) is 0 Å². The van der Waals surface area contributed by atoms with Gasteiger partial charge in [-0.3, -0.25) is 4.99 Å². The highest BCUT2D eigenvalue weighted by molar-refractivity contribution is 14.0. The maximum Gasteiger partial charge on any atom is 0.191 e. The van der Waals surface area contributed by atoms with E-state index in [1.807, 2.05) is 25.1 Å². The molecule has 0 spiro atoms. The molecule has 22 heavy (non-hydrogen) atoms. The predicted octanol–water partition coefficient (Wildman–Crippen LogP) is 2.61. The third-order valence-electron chi connectivity index (χ3n) is 2.90. The van der Waals surface area contributed by atoms with Crippen LogP contribution in [0, 0.1) is 0 Å². The van der Waals surface area contributed by atoms with Crippen LogP contribution < -0.4 is 20.1 Å². The molecule has 0 aliphatic rings. The number of halogens is 1. The summed E-state index contributed by atoms with van der Waals surface area (Å²) < 4.78 is 10.6. The van der Waals surface area contributed by atoms with Crippen LogP contribution in [0.3, 0.4) is 0 Å². The van der Waals surface area contributed by atoms with Crippen molar-refractivity contribution in [1.82, 2.24) is 10.6 Å². The molecule has 1 aromatic carbocycles. The molecule has 0 heterocycles. The second-order valence-electron chi connectivity index (χ2n) is 4.36. The molecule has 0 unspecified atom stereocenters. The van der Waals surface area contributed by atoms with Crippen LogP contribution in [0.1, 0.15) is 12.5 Å². The Morgan fingerprint density at radius 1 is 1.27 bits per heavy atom. The first-order valence-corrected chi connectivity index (χ1v) is 7.09. The molecule has 0 aliphatic heterocycles. The summed E-state index contributed by atoms with van der Waals surface area (Å²) in [6.45, 7) is 7.90. The summed E-state index contributed by atoms with van der Waals surface area (Å²) in [4.78, 5) is 4.53. The summed E-state index contributed by atoms with van der Waals surface area (Å²) in [6, 6.07) is 5.79. The van der Waals surface area contributed by atoms with E-state index in [0.29, 0.717) is 13.1 Å². The largest absolute Gasteiger partial charge is 0.497 e. The minimum atomic E-state index is 0. The van der Waals surface area contributed by atoms with Gasteiger partial charge in [-0.25, -0.2) is 0 Å². The molecule has 0 amide bonds. The zero-order valence-corrected chi connectivity index (χ0v) is 15.8. The fraction of sp³-hybridized carbons (Fsp3) is 0.438. The van der Waals surface area contributed by atoms with Gasteiger partial charge in [0.25, 0.3) is 0 Å². The predicted molar refractivity (Wildman–Crippen MR) is 103 cm³/mol. The number of hydrogen-bond acceptors (Lipinski definition) is 3. The molecule has 5 nitrogen and oxygen atoms in total. The number of hydrogen-bond donors (Lipinski definition) is 2. The lowest BCUT2D eigenvalue weighted by molar-refractivity contribution is 0.399. The minimum Gasteiger partial charge on any atom is -0.497 e. The Balaban J connectivity index is 0.00000441. The second kappa shape index (κ2) is 12.1. The SMILES string of the molecule is C=CCNC(=NCCc1cc(OC)ccc1OC)NCC.I. The van der Waals surface area contributed by atoms with E-state index in [1.165, 1.54) is 0 Å². The van der Waals surface area contributed by atoms with Gasteiger partial charge in [-0.05, 0) is 37.1 Å². The fourth-order valence-corrected chi connectivity index (χ4v) is 1.88. The smallest absolute Gasteiger partial charge is 0.191 e. The van der Waals surface area contributed by atoms with E-state index in [-0.39, 0.29) is 24.0 Å². The summed E-state index contributed by atoms with van der Waals surface area (Å²) in [5.74, 6) is 2.47. The molecule has 0 fully saturated rings. The molecule has 6 heteroatoms. The summed E-state index contributed by atoms with van der Waals surface area (Å²) in [6.07, 6.45) is 2.59. The fourth-order valence-electron chi connectivity index (χ4n) is 1.88. The van der Waals surface area contributed by atoms with E-state index < -0.39 is 0 Å². The Kier molecular flexibility index (Phi) is 11.3. The molecule has 1 rings (SSSR count).